The summed E-state index contributed by atoms with van der Waals surface area (Å²) in [6.07, 6.45) is 0. The van der Waals surface area contributed by atoms with Crippen LogP contribution in [-0.2, 0) is 9.31 Å². The van der Waals surface area contributed by atoms with Gasteiger partial charge in [-0.3, -0.25) is 0 Å². The van der Waals surface area contributed by atoms with E-state index in [4.69, 9.17) is 18.1 Å². The van der Waals surface area contributed by atoms with Crippen molar-refractivity contribution in [2.24, 2.45) is 0 Å². The third-order valence-corrected chi connectivity index (χ3v) is 7.96. The van der Waals surface area contributed by atoms with Crippen molar-refractivity contribution >= 4 is 45.5 Å². The minimum atomic E-state index is -0.403. The van der Waals surface area contributed by atoms with Crippen molar-refractivity contribution in [3.05, 3.63) is 91.0 Å². The van der Waals surface area contributed by atoms with Gasteiger partial charge >= 0.3 is 7.12 Å². The van der Waals surface area contributed by atoms with Crippen LogP contribution < -0.4 is 5.46 Å². The normalized spacial score (nSPS) is 16.8. The topological polar surface area (TPSA) is 44.7 Å². The molecule has 0 spiro atoms. The van der Waals surface area contributed by atoms with E-state index in [9.17, 15) is 0 Å². The fraction of sp³-hybridized carbons (Fsp3) is 0.188. The zero-order chi connectivity index (χ0) is 25.4. The molecule has 4 nitrogen and oxygen atoms in total. The summed E-state index contributed by atoms with van der Waals surface area (Å²) in [5.74, 6) is 0.833. The Balaban J connectivity index is 1.41. The molecule has 4 aromatic carbocycles. The SMILES string of the molecule is CC1(C)OB(c2ccc(-c3oc4c(ccc5oc6ccccc6c54)c3-c3ccccc3)cc2)OC1(C)C. The van der Waals surface area contributed by atoms with E-state index in [0.29, 0.717) is 0 Å². The molecular weight excluding hydrogens is 459 g/mol. The first-order valence-electron chi connectivity index (χ1n) is 12.7. The lowest BCUT2D eigenvalue weighted by atomic mass is 9.78. The van der Waals surface area contributed by atoms with Gasteiger partial charge in [0, 0.05) is 21.9 Å². The van der Waals surface area contributed by atoms with E-state index in [-0.39, 0.29) is 11.2 Å². The molecule has 7 rings (SSSR count). The molecule has 0 radical (unpaired) electrons. The zero-order valence-corrected chi connectivity index (χ0v) is 21.4. The predicted molar refractivity (Wildman–Crippen MR) is 150 cm³/mol. The van der Waals surface area contributed by atoms with E-state index in [1.807, 2.05) is 30.3 Å². The highest BCUT2D eigenvalue weighted by Gasteiger charge is 2.51. The van der Waals surface area contributed by atoms with Crippen LogP contribution in [0.4, 0.5) is 0 Å². The van der Waals surface area contributed by atoms with Gasteiger partial charge in [0.1, 0.15) is 22.5 Å². The number of benzene rings is 4. The van der Waals surface area contributed by atoms with Crippen LogP contribution in [0.25, 0.3) is 55.4 Å². The summed E-state index contributed by atoms with van der Waals surface area (Å²) in [7, 11) is -0.403. The van der Waals surface area contributed by atoms with E-state index >= 15 is 0 Å². The first-order valence-corrected chi connectivity index (χ1v) is 12.7. The van der Waals surface area contributed by atoms with Crippen LogP contribution in [0.3, 0.4) is 0 Å². The molecule has 0 aliphatic carbocycles. The maximum Gasteiger partial charge on any atom is 0.494 e. The summed E-state index contributed by atoms with van der Waals surface area (Å²) in [6.45, 7) is 8.29. The fourth-order valence-corrected chi connectivity index (χ4v) is 5.23. The fourth-order valence-electron chi connectivity index (χ4n) is 5.23. The van der Waals surface area contributed by atoms with Gasteiger partial charge in [-0.1, -0.05) is 72.8 Å². The summed E-state index contributed by atoms with van der Waals surface area (Å²) >= 11 is 0. The molecule has 0 atom stereocenters. The average Bonchev–Trinajstić information content (AvgIpc) is 3.53. The molecule has 1 saturated heterocycles. The summed E-state index contributed by atoms with van der Waals surface area (Å²) in [6, 6.07) is 31.0. The highest BCUT2D eigenvalue weighted by Crippen LogP contribution is 2.45. The Hall–Kier alpha value is -3.80. The zero-order valence-electron chi connectivity index (χ0n) is 21.4. The number of furan rings is 2. The Bertz CT molecular complexity index is 1760. The molecule has 3 heterocycles. The van der Waals surface area contributed by atoms with Crippen LogP contribution in [-0.4, -0.2) is 18.3 Å². The molecule has 182 valence electrons. The number of fused-ring (bicyclic) bond motifs is 5. The first kappa shape index (κ1) is 22.4. The molecule has 1 aliphatic rings. The van der Waals surface area contributed by atoms with Crippen LogP contribution in [0.15, 0.2) is 99.8 Å². The van der Waals surface area contributed by atoms with Crippen molar-refractivity contribution in [2.75, 3.05) is 0 Å². The van der Waals surface area contributed by atoms with Gasteiger partial charge in [-0.25, -0.2) is 0 Å². The molecule has 1 aliphatic heterocycles. The minimum absolute atomic E-state index is 0.381. The van der Waals surface area contributed by atoms with Crippen LogP contribution in [0, 0.1) is 0 Å². The highest BCUT2D eigenvalue weighted by molar-refractivity contribution is 6.62. The average molecular weight is 486 g/mol. The Labute approximate surface area is 215 Å². The lowest BCUT2D eigenvalue weighted by Crippen LogP contribution is -2.41. The number of rotatable bonds is 3. The molecule has 1 fully saturated rings. The second-order valence-corrected chi connectivity index (χ2v) is 10.8. The molecule has 0 unspecified atom stereocenters. The molecular formula is C32H27BO4. The molecule has 6 aromatic rings. The lowest BCUT2D eigenvalue weighted by molar-refractivity contribution is 0.00578. The van der Waals surface area contributed by atoms with Crippen molar-refractivity contribution in [3.63, 3.8) is 0 Å². The summed E-state index contributed by atoms with van der Waals surface area (Å²) < 4.78 is 25.4. The van der Waals surface area contributed by atoms with Gasteiger partial charge in [0.15, 0.2) is 0 Å². The van der Waals surface area contributed by atoms with Crippen molar-refractivity contribution in [1.29, 1.82) is 0 Å². The van der Waals surface area contributed by atoms with Crippen LogP contribution in [0.5, 0.6) is 0 Å². The Morgan fingerprint density at radius 1 is 0.568 bits per heavy atom. The van der Waals surface area contributed by atoms with E-state index in [2.05, 4.69) is 88.4 Å². The predicted octanol–water partition coefficient (Wildman–Crippen LogP) is 7.97. The number of para-hydroxylation sites is 1. The van der Waals surface area contributed by atoms with Crippen LogP contribution in [0.1, 0.15) is 27.7 Å². The maximum absolute atomic E-state index is 6.73. The smallest absolute Gasteiger partial charge is 0.456 e. The van der Waals surface area contributed by atoms with Gasteiger partial charge in [-0.05, 0) is 56.9 Å². The van der Waals surface area contributed by atoms with Crippen molar-refractivity contribution in [2.45, 2.75) is 38.9 Å². The maximum atomic E-state index is 6.73. The van der Waals surface area contributed by atoms with Crippen molar-refractivity contribution in [3.8, 4) is 22.5 Å². The van der Waals surface area contributed by atoms with Gasteiger partial charge in [0.2, 0.25) is 0 Å². The Morgan fingerprint density at radius 3 is 1.97 bits per heavy atom. The quantitative estimate of drug-likeness (QED) is 0.238. The van der Waals surface area contributed by atoms with Crippen molar-refractivity contribution < 1.29 is 18.1 Å². The van der Waals surface area contributed by atoms with Gasteiger partial charge < -0.3 is 18.1 Å². The standard InChI is InChI=1S/C32H27BO4/c1-31(2)32(3,4)37-33(36-31)22-16-14-21(15-17-22)29-27(20-10-6-5-7-11-20)24-18-19-26-28(30(24)35-29)23-12-8-9-13-25(23)34-26/h5-19H,1-4H3. The third kappa shape index (κ3) is 3.38. The minimum Gasteiger partial charge on any atom is -0.456 e. The summed E-state index contributed by atoms with van der Waals surface area (Å²) in [5, 5.41) is 3.12. The van der Waals surface area contributed by atoms with Crippen LogP contribution >= 0.6 is 0 Å². The number of hydrogen-bond donors (Lipinski definition) is 0. The van der Waals surface area contributed by atoms with E-state index in [1.165, 1.54) is 0 Å². The van der Waals surface area contributed by atoms with Gasteiger partial charge in [0.05, 0.1) is 16.6 Å². The van der Waals surface area contributed by atoms with E-state index < -0.39 is 7.12 Å². The van der Waals surface area contributed by atoms with Gasteiger partial charge in [-0.2, -0.15) is 0 Å². The van der Waals surface area contributed by atoms with Crippen LogP contribution in [0.2, 0.25) is 0 Å². The first-order chi connectivity index (χ1) is 17.8. The molecule has 0 bridgehead atoms. The number of hydrogen-bond acceptors (Lipinski definition) is 4. The largest absolute Gasteiger partial charge is 0.494 e. The molecule has 0 N–H and O–H groups in total. The Kier molecular flexibility index (Phi) is 4.75. The highest BCUT2D eigenvalue weighted by atomic mass is 16.7. The third-order valence-electron chi connectivity index (χ3n) is 7.96. The van der Waals surface area contributed by atoms with Gasteiger partial charge in [-0.15, -0.1) is 0 Å². The second kappa shape index (κ2) is 7.85. The Morgan fingerprint density at radius 2 is 1.24 bits per heavy atom. The second-order valence-electron chi connectivity index (χ2n) is 10.8. The molecule has 0 amide bonds. The summed E-state index contributed by atoms with van der Waals surface area (Å²) in [4.78, 5) is 0. The molecule has 37 heavy (non-hydrogen) atoms. The monoisotopic (exact) mass is 486 g/mol. The molecule has 5 heteroatoms. The molecule has 0 saturated carbocycles. The van der Waals surface area contributed by atoms with Crippen molar-refractivity contribution in [1.82, 2.24) is 0 Å². The molecule has 2 aromatic heterocycles. The van der Waals surface area contributed by atoms with E-state index in [1.54, 1.807) is 0 Å². The summed E-state index contributed by atoms with van der Waals surface area (Å²) in [5.41, 5.74) is 5.93. The van der Waals surface area contributed by atoms with E-state index in [0.717, 1.165) is 60.8 Å². The lowest BCUT2D eigenvalue weighted by Gasteiger charge is -2.32. The van der Waals surface area contributed by atoms with Gasteiger partial charge in [0.25, 0.3) is 0 Å².